The highest BCUT2D eigenvalue weighted by Gasteiger charge is 2.17. The summed E-state index contributed by atoms with van der Waals surface area (Å²) in [4.78, 5) is 11.5. The number of carbonyl (C=O) groups is 1. The highest BCUT2D eigenvalue weighted by Crippen LogP contribution is 2.12. The van der Waals surface area contributed by atoms with E-state index >= 15 is 0 Å². The average Bonchev–Trinajstić information content (AvgIpc) is 2.37. The minimum absolute atomic E-state index is 0.291. The summed E-state index contributed by atoms with van der Waals surface area (Å²) in [6.07, 6.45) is 0.834. The molecule has 2 N–H and O–H groups in total. The van der Waals surface area contributed by atoms with E-state index in [9.17, 15) is 4.79 Å². The Balaban J connectivity index is 2.40. The molecule has 0 aromatic heterocycles. The Morgan fingerprint density at radius 2 is 2.06 bits per heavy atom. The zero-order valence-corrected chi connectivity index (χ0v) is 11.0. The lowest BCUT2D eigenvalue weighted by atomic mass is 10.1. The van der Waals surface area contributed by atoms with Crippen LogP contribution in [-0.2, 0) is 20.7 Å². The Labute approximate surface area is 108 Å². The zero-order valence-electron chi connectivity index (χ0n) is 11.0. The van der Waals surface area contributed by atoms with Crippen LogP contribution in [-0.4, -0.2) is 25.3 Å². The van der Waals surface area contributed by atoms with Crippen molar-refractivity contribution in [2.45, 2.75) is 32.8 Å². The van der Waals surface area contributed by atoms with Crippen LogP contribution in [0.2, 0.25) is 0 Å². The number of ether oxygens (including phenoxy) is 2. The normalized spacial score (nSPS) is 12.1. The molecule has 0 aliphatic heterocycles. The fraction of sp³-hybridized carbons (Fsp3) is 0.500. The van der Waals surface area contributed by atoms with Gasteiger partial charge in [0, 0.05) is 5.69 Å². The van der Waals surface area contributed by atoms with Gasteiger partial charge in [0.05, 0.1) is 13.2 Å². The van der Waals surface area contributed by atoms with E-state index in [4.69, 9.17) is 15.2 Å². The summed E-state index contributed by atoms with van der Waals surface area (Å²) >= 11 is 0. The Morgan fingerprint density at radius 1 is 1.33 bits per heavy atom. The first kappa shape index (κ1) is 14.5. The standard InChI is InChI=1S/C14H21NO3/c1-3-13(14(16)17-4-2)18-10-9-11-7-5-6-8-12(11)15/h5-8,13H,3-4,9-10,15H2,1-2H3. The van der Waals surface area contributed by atoms with Crippen LogP contribution in [0.3, 0.4) is 0 Å². The van der Waals surface area contributed by atoms with Gasteiger partial charge in [-0.25, -0.2) is 4.79 Å². The second-order valence-corrected chi connectivity index (χ2v) is 3.97. The van der Waals surface area contributed by atoms with Crippen molar-refractivity contribution in [3.05, 3.63) is 29.8 Å². The van der Waals surface area contributed by atoms with Crippen molar-refractivity contribution in [2.24, 2.45) is 0 Å². The van der Waals surface area contributed by atoms with E-state index in [1.54, 1.807) is 6.92 Å². The van der Waals surface area contributed by atoms with Gasteiger partial charge in [-0.15, -0.1) is 0 Å². The average molecular weight is 251 g/mol. The van der Waals surface area contributed by atoms with Crippen LogP contribution in [0.25, 0.3) is 0 Å². The molecule has 0 fully saturated rings. The number of hydrogen-bond donors (Lipinski definition) is 1. The van der Waals surface area contributed by atoms with Crippen molar-refractivity contribution in [1.82, 2.24) is 0 Å². The third-order valence-electron chi connectivity index (χ3n) is 2.67. The molecule has 4 heteroatoms. The molecule has 0 aliphatic carbocycles. The molecule has 1 aromatic carbocycles. The van der Waals surface area contributed by atoms with Crippen LogP contribution in [0.15, 0.2) is 24.3 Å². The maximum atomic E-state index is 11.5. The summed E-state index contributed by atoms with van der Waals surface area (Å²) in [7, 11) is 0. The number of rotatable bonds is 7. The van der Waals surface area contributed by atoms with Crippen molar-refractivity contribution in [1.29, 1.82) is 0 Å². The van der Waals surface area contributed by atoms with E-state index in [0.717, 1.165) is 11.3 Å². The van der Waals surface area contributed by atoms with E-state index in [-0.39, 0.29) is 5.97 Å². The lowest BCUT2D eigenvalue weighted by Gasteiger charge is -2.14. The van der Waals surface area contributed by atoms with E-state index in [1.807, 2.05) is 31.2 Å². The molecule has 100 valence electrons. The van der Waals surface area contributed by atoms with Crippen molar-refractivity contribution in [3.63, 3.8) is 0 Å². The van der Waals surface area contributed by atoms with Gasteiger partial charge >= 0.3 is 5.97 Å². The van der Waals surface area contributed by atoms with Gasteiger partial charge in [0.15, 0.2) is 6.10 Å². The fourth-order valence-electron chi connectivity index (χ4n) is 1.66. The van der Waals surface area contributed by atoms with E-state index in [1.165, 1.54) is 0 Å². The summed E-state index contributed by atoms with van der Waals surface area (Å²) in [6, 6.07) is 7.66. The molecule has 0 saturated carbocycles. The van der Waals surface area contributed by atoms with Gasteiger partial charge in [-0.05, 0) is 31.4 Å². The smallest absolute Gasteiger partial charge is 0.335 e. The number of esters is 1. The quantitative estimate of drug-likeness (QED) is 0.596. The van der Waals surface area contributed by atoms with Gasteiger partial charge in [-0.1, -0.05) is 25.1 Å². The molecule has 1 rings (SSSR count). The summed E-state index contributed by atoms with van der Waals surface area (Å²) in [5.41, 5.74) is 7.62. The minimum Gasteiger partial charge on any atom is -0.464 e. The van der Waals surface area contributed by atoms with Gasteiger partial charge in [-0.2, -0.15) is 0 Å². The molecule has 1 aromatic rings. The molecule has 1 atom stereocenters. The number of nitrogen functional groups attached to an aromatic ring is 1. The number of hydrogen-bond acceptors (Lipinski definition) is 4. The molecule has 0 saturated heterocycles. The Morgan fingerprint density at radius 3 is 2.67 bits per heavy atom. The number of carbonyl (C=O) groups excluding carboxylic acids is 1. The molecular weight excluding hydrogens is 230 g/mol. The molecule has 0 aliphatic rings. The lowest BCUT2D eigenvalue weighted by molar-refractivity contribution is -0.156. The first-order valence-electron chi connectivity index (χ1n) is 6.30. The number of para-hydroxylation sites is 1. The molecule has 0 spiro atoms. The van der Waals surface area contributed by atoms with Gasteiger partial charge in [0.25, 0.3) is 0 Å². The lowest BCUT2D eigenvalue weighted by Crippen LogP contribution is -2.26. The molecule has 0 bridgehead atoms. The van der Waals surface area contributed by atoms with Gasteiger partial charge in [0.2, 0.25) is 0 Å². The third-order valence-corrected chi connectivity index (χ3v) is 2.67. The van der Waals surface area contributed by atoms with Crippen LogP contribution in [0.1, 0.15) is 25.8 Å². The third kappa shape index (κ3) is 4.37. The van der Waals surface area contributed by atoms with E-state index in [0.29, 0.717) is 26.1 Å². The van der Waals surface area contributed by atoms with Crippen LogP contribution in [0.4, 0.5) is 5.69 Å². The largest absolute Gasteiger partial charge is 0.464 e. The molecule has 0 heterocycles. The molecule has 4 nitrogen and oxygen atoms in total. The number of nitrogens with two attached hydrogens (primary N) is 1. The Hall–Kier alpha value is -1.55. The van der Waals surface area contributed by atoms with Gasteiger partial charge < -0.3 is 15.2 Å². The summed E-state index contributed by atoms with van der Waals surface area (Å²) in [5, 5.41) is 0. The highest BCUT2D eigenvalue weighted by molar-refractivity contribution is 5.74. The Bertz CT molecular complexity index is 379. The topological polar surface area (TPSA) is 61.5 Å². The molecule has 18 heavy (non-hydrogen) atoms. The van der Waals surface area contributed by atoms with Crippen LogP contribution in [0, 0.1) is 0 Å². The second-order valence-electron chi connectivity index (χ2n) is 3.97. The summed E-state index contributed by atoms with van der Waals surface area (Å²) < 4.78 is 10.5. The predicted octanol–water partition coefficient (Wildman–Crippen LogP) is 2.17. The minimum atomic E-state index is -0.477. The first-order valence-corrected chi connectivity index (χ1v) is 6.30. The Kier molecular flexibility index (Phi) is 6.22. The number of anilines is 1. The summed E-state index contributed by atoms with van der Waals surface area (Å²) in [5.74, 6) is -0.291. The van der Waals surface area contributed by atoms with Gasteiger partial charge in [-0.3, -0.25) is 0 Å². The maximum Gasteiger partial charge on any atom is 0.335 e. The molecular formula is C14H21NO3. The molecule has 0 amide bonds. The van der Waals surface area contributed by atoms with Crippen molar-refractivity contribution in [2.75, 3.05) is 18.9 Å². The zero-order chi connectivity index (χ0) is 13.4. The van der Waals surface area contributed by atoms with Crippen molar-refractivity contribution in [3.8, 4) is 0 Å². The van der Waals surface area contributed by atoms with Crippen molar-refractivity contribution < 1.29 is 14.3 Å². The summed E-state index contributed by atoms with van der Waals surface area (Å²) in [6.45, 7) is 4.53. The van der Waals surface area contributed by atoms with Gasteiger partial charge in [0.1, 0.15) is 0 Å². The maximum absolute atomic E-state index is 11.5. The van der Waals surface area contributed by atoms with Crippen molar-refractivity contribution >= 4 is 11.7 Å². The van der Waals surface area contributed by atoms with E-state index in [2.05, 4.69) is 0 Å². The SMILES string of the molecule is CCOC(=O)C(CC)OCCc1ccccc1N. The highest BCUT2D eigenvalue weighted by atomic mass is 16.6. The predicted molar refractivity (Wildman–Crippen MR) is 71.2 cm³/mol. The van der Waals surface area contributed by atoms with Crippen LogP contribution >= 0.6 is 0 Å². The number of benzene rings is 1. The molecule has 1 unspecified atom stereocenters. The monoisotopic (exact) mass is 251 g/mol. The van der Waals surface area contributed by atoms with Crippen LogP contribution in [0.5, 0.6) is 0 Å². The molecule has 0 radical (unpaired) electrons. The van der Waals surface area contributed by atoms with E-state index < -0.39 is 6.10 Å². The first-order chi connectivity index (χ1) is 8.69. The second kappa shape index (κ2) is 7.71. The fourth-order valence-corrected chi connectivity index (χ4v) is 1.66. The van der Waals surface area contributed by atoms with Crippen LogP contribution < -0.4 is 5.73 Å².